The first-order valence-electron chi connectivity index (χ1n) is 14.4. The monoisotopic (exact) mass is 570 g/mol. The van der Waals surface area contributed by atoms with Crippen molar-refractivity contribution >= 4 is 83.4 Å². The molecule has 0 saturated heterocycles. The fraction of sp³-hybridized carbons (Fsp3) is 0. The fourth-order valence-electron chi connectivity index (χ4n) is 6.83. The van der Waals surface area contributed by atoms with E-state index < -0.39 is 8.80 Å². The van der Waals surface area contributed by atoms with Gasteiger partial charge in [-0.25, -0.2) is 0 Å². The standard InChI is InChI=1S/C38H26N2SSi/c1-2-14-28(15-3-1)42(36-23-11-18-31-30-17-5-9-22-35(30)41-38(31)36)29-16-10-13-27(25-29)39-33-20-7-8-21-34(33)40-32-19-6-4-12-26(32)24-37(39)40/h1-25,42H. The summed E-state index contributed by atoms with van der Waals surface area (Å²) in [6.07, 6.45) is 0. The molecule has 0 radical (unpaired) electrons. The molecule has 0 fully saturated rings. The van der Waals surface area contributed by atoms with Gasteiger partial charge in [0.25, 0.3) is 0 Å². The molecule has 4 heteroatoms. The summed E-state index contributed by atoms with van der Waals surface area (Å²) in [6.45, 7) is 0. The van der Waals surface area contributed by atoms with E-state index in [2.05, 4.69) is 161 Å². The predicted molar refractivity (Wildman–Crippen MR) is 184 cm³/mol. The number of nitrogens with zero attached hydrogens (tertiary/aromatic N) is 2. The number of thiophene rings is 1. The molecule has 0 saturated carbocycles. The van der Waals surface area contributed by atoms with Crippen molar-refractivity contribution in [1.29, 1.82) is 0 Å². The maximum atomic E-state index is 2.46. The molecule has 198 valence electrons. The number of hydrogen-bond acceptors (Lipinski definition) is 1. The van der Waals surface area contributed by atoms with Gasteiger partial charge in [0.1, 0.15) is 14.4 Å². The number of imidazole rings is 1. The van der Waals surface area contributed by atoms with Gasteiger partial charge in [-0.1, -0.05) is 120 Å². The Kier molecular flexibility index (Phi) is 5.27. The highest BCUT2D eigenvalue weighted by Crippen LogP contribution is 2.33. The lowest BCUT2D eigenvalue weighted by atomic mass is 10.1. The first-order valence-corrected chi connectivity index (χ1v) is 16.9. The lowest BCUT2D eigenvalue weighted by Gasteiger charge is -2.19. The van der Waals surface area contributed by atoms with Gasteiger partial charge in [0.15, 0.2) is 0 Å². The minimum absolute atomic E-state index is 1.19. The second-order valence-electron chi connectivity index (χ2n) is 11.0. The van der Waals surface area contributed by atoms with Crippen LogP contribution >= 0.6 is 11.3 Å². The van der Waals surface area contributed by atoms with Gasteiger partial charge < -0.3 is 0 Å². The largest absolute Gasteiger partial charge is 0.294 e. The van der Waals surface area contributed by atoms with E-state index in [-0.39, 0.29) is 0 Å². The highest BCUT2D eigenvalue weighted by atomic mass is 32.1. The molecule has 3 heterocycles. The van der Waals surface area contributed by atoms with Gasteiger partial charge >= 0.3 is 0 Å². The molecule has 0 aliphatic rings. The summed E-state index contributed by atoms with van der Waals surface area (Å²) in [5.74, 6) is 0. The van der Waals surface area contributed by atoms with Gasteiger partial charge in [-0.2, -0.15) is 0 Å². The van der Waals surface area contributed by atoms with Crippen molar-refractivity contribution in [1.82, 2.24) is 8.97 Å². The zero-order valence-corrected chi connectivity index (χ0v) is 24.8. The SMILES string of the molecule is c1ccc([SiH](c2cccc(-n3c4ccccc4n4c5ccccc5cc34)c2)c2cccc3c2sc2ccccc23)cc1. The molecule has 1 unspecified atom stereocenters. The number of fused-ring (bicyclic) bond motifs is 8. The minimum Gasteiger partial charge on any atom is -0.294 e. The molecule has 2 nitrogen and oxygen atoms in total. The third kappa shape index (κ3) is 3.49. The van der Waals surface area contributed by atoms with Crippen molar-refractivity contribution in [3.8, 4) is 5.69 Å². The second-order valence-corrected chi connectivity index (χ2v) is 14.9. The lowest BCUT2D eigenvalue weighted by Crippen LogP contribution is -2.52. The molecule has 9 rings (SSSR count). The summed E-state index contributed by atoms with van der Waals surface area (Å²) >= 11 is 1.94. The smallest absolute Gasteiger partial charge is 0.134 e. The predicted octanol–water partition coefficient (Wildman–Crippen LogP) is 7.65. The van der Waals surface area contributed by atoms with Crippen molar-refractivity contribution in [2.45, 2.75) is 0 Å². The lowest BCUT2D eigenvalue weighted by molar-refractivity contribution is 1.15. The Morgan fingerprint density at radius 1 is 0.500 bits per heavy atom. The summed E-state index contributed by atoms with van der Waals surface area (Å²) in [7, 11) is -1.81. The second kappa shape index (κ2) is 9.31. The van der Waals surface area contributed by atoms with Crippen LogP contribution in [0, 0.1) is 0 Å². The van der Waals surface area contributed by atoms with E-state index in [1.807, 2.05) is 11.3 Å². The third-order valence-corrected chi connectivity index (χ3v) is 13.2. The number of hydrogen-bond donors (Lipinski definition) is 0. The maximum absolute atomic E-state index is 2.46. The Hall–Kier alpha value is -4.90. The molecule has 0 aliphatic heterocycles. The molecule has 0 aliphatic carbocycles. The number of rotatable bonds is 4. The summed E-state index contributed by atoms with van der Waals surface area (Å²) in [6, 6.07) is 56.1. The average molecular weight is 571 g/mol. The van der Waals surface area contributed by atoms with E-state index in [0.29, 0.717) is 0 Å². The Labute approximate surface area is 248 Å². The zero-order chi connectivity index (χ0) is 27.6. The molecule has 0 amide bonds. The van der Waals surface area contributed by atoms with Crippen molar-refractivity contribution in [2.24, 2.45) is 0 Å². The van der Waals surface area contributed by atoms with Crippen molar-refractivity contribution < 1.29 is 0 Å². The molecule has 0 spiro atoms. The Bertz CT molecular complexity index is 2430. The molecule has 3 aromatic heterocycles. The van der Waals surface area contributed by atoms with Gasteiger partial charge in [-0.05, 0) is 47.7 Å². The molecule has 1 atom stereocenters. The van der Waals surface area contributed by atoms with E-state index in [1.165, 1.54) is 69.0 Å². The van der Waals surface area contributed by atoms with Crippen LogP contribution in [0.2, 0.25) is 0 Å². The van der Waals surface area contributed by atoms with E-state index >= 15 is 0 Å². The summed E-state index contributed by atoms with van der Waals surface area (Å²) in [5.41, 5.74) is 6.09. The summed E-state index contributed by atoms with van der Waals surface area (Å²) in [5, 5.41) is 8.35. The highest BCUT2D eigenvalue weighted by molar-refractivity contribution is 7.27. The molecule has 42 heavy (non-hydrogen) atoms. The van der Waals surface area contributed by atoms with Crippen LogP contribution in [-0.4, -0.2) is 17.8 Å². The first-order chi connectivity index (χ1) is 20.8. The van der Waals surface area contributed by atoms with Crippen LogP contribution < -0.4 is 15.6 Å². The third-order valence-electron chi connectivity index (χ3n) is 8.62. The van der Waals surface area contributed by atoms with Crippen LogP contribution in [-0.2, 0) is 0 Å². The molecule has 6 aromatic carbocycles. The molecule has 0 N–H and O–H groups in total. The van der Waals surface area contributed by atoms with Crippen molar-refractivity contribution in [3.63, 3.8) is 0 Å². The summed E-state index contributed by atoms with van der Waals surface area (Å²) in [4.78, 5) is 0. The topological polar surface area (TPSA) is 9.34 Å². The molecule has 0 bridgehead atoms. The molecular weight excluding hydrogens is 545 g/mol. The van der Waals surface area contributed by atoms with E-state index in [1.54, 1.807) is 0 Å². The zero-order valence-electron chi connectivity index (χ0n) is 22.8. The average Bonchev–Trinajstić information content (AvgIpc) is 3.71. The fourth-order valence-corrected chi connectivity index (χ4v) is 11.6. The Morgan fingerprint density at radius 3 is 2.10 bits per heavy atom. The molecule has 9 aromatic rings. The van der Waals surface area contributed by atoms with Crippen LogP contribution in [0.5, 0.6) is 0 Å². The van der Waals surface area contributed by atoms with Crippen molar-refractivity contribution in [3.05, 3.63) is 152 Å². The van der Waals surface area contributed by atoms with Crippen LogP contribution in [0.25, 0.3) is 53.4 Å². The van der Waals surface area contributed by atoms with Gasteiger partial charge in [-0.3, -0.25) is 8.97 Å². The van der Waals surface area contributed by atoms with Crippen LogP contribution in [0.1, 0.15) is 0 Å². The molecular formula is C38H26N2SSi. The Morgan fingerprint density at radius 2 is 1.19 bits per heavy atom. The minimum atomic E-state index is -1.81. The quantitative estimate of drug-likeness (QED) is 0.152. The maximum Gasteiger partial charge on any atom is 0.134 e. The summed E-state index contributed by atoms with van der Waals surface area (Å²) < 4.78 is 7.63. The first kappa shape index (κ1) is 23.8. The van der Waals surface area contributed by atoms with Gasteiger partial charge in [0.05, 0.1) is 16.6 Å². The number of benzene rings is 6. The van der Waals surface area contributed by atoms with Crippen LogP contribution in [0.15, 0.2) is 152 Å². The number of para-hydroxylation sites is 3. The van der Waals surface area contributed by atoms with Crippen molar-refractivity contribution in [2.75, 3.05) is 0 Å². The van der Waals surface area contributed by atoms with E-state index in [4.69, 9.17) is 0 Å². The highest BCUT2D eigenvalue weighted by Gasteiger charge is 2.24. The normalized spacial score (nSPS) is 12.7. The Balaban J connectivity index is 1.31. The van der Waals surface area contributed by atoms with E-state index in [0.717, 1.165) is 0 Å². The van der Waals surface area contributed by atoms with Gasteiger partial charge in [0, 0.05) is 31.2 Å². The number of aromatic nitrogens is 2. The van der Waals surface area contributed by atoms with Crippen LogP contribution in [0.3, 0.4) is 0 Å². The van der Waals surface area contributed by atoms with Gasteiger partial charge in [0.2, 0.25) is 0 Å². The van der Waals surface area contributed by atoms with Crippen LogP contribution in [0.4, 0.5) is 0 Å². The van der Waals surface area contributed by atoms with E-state index in [9.17, 15) is 0 Å². The van der Waals surface area contributed by atoms with Gasteiger partial charge in [-0.15, -0.1) is 11.3 Å².